The van der Waals surface area contributed by atoms with Gasteiger partial charge in [-0.05, 0) is 31.7 Å². The molecular formula is C17H22N2O3S2. The SMILES string of the molecule is CCC(C)Cc1c(C)sc2nc(SC3CC(C)OC3=O)[nH]c(=O)c12. The third-order valence-electron chi connectivity index (χ3n) is 4.47. The number of rotatable bonds is 5. The van der Waals surface area contributed by atoms with Crippen LogP contribution in [0.1, 0.15) is 44.1 Å². The van der Waals surface area contributed by atoms with E-state index in [1.165, 1.54) is 11.8 Å². The number of thiophene rings is 1. The summed E-state index contributed by atoms with van der Waals surface area (Å²) in [4.78, 5) is 33.8. The maximum Gasteiger partial charge on any atom is 0.319 e. The van der Waals surface area contributed by atoms with E-state index < -0.39 is 0 Å². The number of nitrogens with zero attached hydrogens (tertiary/aromatic N) is 1. The van der Waals surface area contributed by atoms with Crippen molar-refractivity contribution in [3.63, 3.8) is 0 Å². The normalized spacial score (nSPS) is 22.1. The van der Waals surface area contributed by atoms with Gasteiger partial charge in [0.1, 0.15) is 16.2 Å². The lowest BCUT2D eigenvalue weighted by molar-refractivity contribution is -0.140. The zero-order valence-electron chi connectivity index (χ0n) is 14.3. The predicted molar refractivity (Wildman–Crippen MR) is 98.0 cm³/mol. The molecule has 7 heteroatoms. The molecule has 2 aromatic rings. The van der Waals surface area contributed by atoms with Gasteiger partial charge in [0.15, 0.2) is 5.16 Å². The summed E-state index contributed by atoms with van der Waals surface area (Å²) in [5.41, 5.74) is 1.01. The molecule has 3 heterocycles. The molecule has 1 aliphatic heterocycles. The van der Waals surface area contributed by atoms with Crippen molar-refractivity contribution in [2.75, 3.05) is 0 Å². The van der Waals surface area contributed by atoms with Crippen LogP contribution in [-0.2, 0) is 16.0 Å². The van der Waals surface area contributed by atoms with E-state index in [4.69, 9.17) is 4.74 Å². The number of thioether (sulfide) groups is 1. The minimum Gasteiger partial charge on any atom is -0.462 e. The molecule has 3 unspecified atom stereocenters. The average molecular weight is 367 g/mol. The average Bonchev–Trinajstić information content (AvgIpc) is 2.98. The van der Waals surface area contributed by atoms with Crippen LogP contribution < -0.4 is 5.56 Å². The molecule has 1 saturated heterocycles. The molecule has 0 spiro atoms. The molecule has 0 bridgehead atoms. The molecular weight excluding hydrogens is 344 g/mol. The van der Waals surface area contributed by atoms with Gasteiger partial charge in [-0.15, -0.1) is 11.3 Å². The van der Waals surface area contributed by atoms with Crippen molar-refractivity contribution < 1.29 is 9.53 Å². The Morgan fingerprint density at radius 1 is 1.46 bits per heavy atom. The highest BCUT2D eigenvalue weighted by atomic mass is 32.2. The number of hydrogen-bond donors (Lipinski definition) is 1. The van der Waals surface area contributed by atoms with Gasteiger partial charge in [0, 0.05) is 11.3 Å². The van der Waals surface area contributed by atoms with E-state index in [1.807, 2.05) is 13.8 Å². The van der Waals surface area contributed by atoms with Crippen molar-refractivity contribution in [3.8, 4) is 0 Å². The van der Waals surface area contributed by atoms with Crippen LogP contribution in [0.2, 0.25) is 0 Å². The highest BCUT2D eigenvalue weighted by Crippen LogP contribution is 2.33. The maximum atomic E-state index is 12.6. The van der Waals surface area contributed by atoms with Crippen LogP contribution in [0, 0.1) is 12.8 Å². The summed E-state index contributed by atoms with van der Waals surface area (Å²) in [6.07, 6.45) is 2.55. The van der Waals surface area contributed by atoms with Crippen molar-refractivity contribution in [2.45, 2.75) is 63.5 Å². The van der Waals surface area contributed by atoms with Crippen LogP contribution in [0.5, 0.6) is 0 Å². The molecule has 1 aliphatic rings. The van der Waals surface area contributed by atoms with Gasteiger partial charge in [-0.1, -0.05) is 32.0 Å². The molecule has 0 radical (unpaired) electrons. The Hall–Kier alpha value is -1.34. The summed E-state index contributed by atoms with van der Waals surface area (Å²) in [6, 6.07) is 0. The van der Waals surface area contributed by atoms with E-state index >= 15 is 0 Å². The molecule has 3 rings (SSSR count). The van der Waals surface area contributed by atoms with Gasteiger partial charge in [0.05, 0.1) is 5.39 Å². The van der Waals surface area contributed by atoms with Crippen LogP contribution in [-0.4, -0.2) is 27.3 Å². The number of carbonyl (C=O) groups excluding carboxylic acids is 1. The molecule has 130 valence electrons. The second-order valence-corrected chi connectivity index (χ2v) is 8.89. The van der Waals surface area contributed by atoms with Gasteiger partial charge in [-0.2, -0.15) is 0 Å². The zero-order chi connectivity index (χ0) is 17.4. The Labute approximate surface area is 149 Å². The number of nitrogens with one attached hydrogen (secondary N) is 1. The molecule has 0 amide bonds. The molecule has 5 nitrogen and oxygen atoms in total. The van der Waals surface area contributed by atoms with Gasteiger partial charge in [-0.3, -0.25) is 9.59 Å². The fraction of sp³-hybridized carbons (Fsp3) is 0.588. The van der Waals surface area contributed by atoms with E-state index in [9.17, 15) is 9.59 Å². The van der Waals surface area contributed by atoms with E-state index in [0.29, 0.717) is 22.9 Å². The standard InChI is InChI=1S/C17H22N2O3S2/c1-5-8(2)6-11-10(4)23-15-13(11)14(20)18-17(19-15)24-12-7-9(3)22-16(12)21/h8-9,12H,5-7H2,1-4H3,(H,18,19,20). The fourth-order valence-corrected chi connectivity index (χ4v) is 5.10. The van der Waals surface area contributed by atoms with Gasteiger partial charge in [0.25, 0.3) is 5.56 Å². The zero-order valence-corrected chi connectivity index (χ0v) is 16.0. The highest BCUT2D eigenvalue weighted by molar-refractivity contribution is 8.00. The lowest BCUT2D eigenvalue weighted by Crippen LogP contribution is -2.14. The minimum atomic E-state index is -0.291. The summed E-state index contributed by atoms with van der Waals surface area (Å²) in [7, 11) is 0. The van der Waals surface area contributed by atoms with Gasteiger partial charge >= 0.3 is 5.97 Å². The first kappa shape index (κ1) is 17.5. The molecule has 0 aliphatic carbocycles. The number of fused-ring (bicyclic) bond motifs is 1. The minimum absolute atomic E-state index is 0.0726. The number of esters is 1. The largest absolute Gasteiger partial charge is 0.462 e. The van der Waals surface area contributed by atoms with E-state index in [2.05, 4.69) is 23.8 Å². The summed E-state index contributed by atoms with van der Waals surface area (Å²) in [6.45, 7) is 8.28. The van der Waals surface area contributed by atoms with Crippen molar-refractivity contribution in [1.29, 1.82) is 0 Å². The van der Waals surface area contributed by atoms with E-state index in [0.717, 1.165) is 28.1 Å². The number of ether oxygens (including phenoxy) is 1. The van der Waals surface area contributed by atoms with Crippen molar-refractivity contribution in [2.24, 2.45) is 5.92 Å². The summed E-state index contributed by atoms with van der Waals surface area (Å²) >= 11 is 2.85. The topological polar surface area (TPSA) is 72.0 Å². The predicted octanol–water partition coefficient (Wildman–Crippen LogP) is 3.68. The molecule has 2 aromatic heterocycles. The Morgan fingerprint density at radius 3 is 2.83 bits per heavy atom. The first-order chi connectivity index (χ1) is 11.4. The number of aromatic amines is 1. The Morgan fingerprint density at radius 2 is 2.21 bits per heavy atom. The first-order valence-electron chi connectivity index (χ1n) is 8.28. The second kappa shape index (κ2) is 6.88. The lowest BCUT2D eigenvalue weighted by Gasteiger charge is -2.08. The third-order valence-corrected chi connectivity index (χ3v) is 6.60. The number of H-pyrrole nitrogens is 1. The Kier molecular flexibility index (Phi) is 5.01. The summed E-state index contributed by atoms with van der Waals surface area (Å²) in [5.74, 6) is 0.305. The molecule has 0 aromatic carbocycles. The lowest BCUT2D eigenvalue weighted by atomic mass is 9.98. The van der Waals surface area contributed by atoms with Crippen LogP contribution in [0.4, 0.5) is 0 Å². The second-order valence-electron chi connectivity index (χ2n) is 6.50. The molecule has 0 saturated carbocycles. The van der Waals surface area contributed by atoms with Crippen molar-refractivity contribution >= 4 is 39.3 Å². The maximum absolute atomic E-state index is 12.6. The highest BCUT2D eigenvalue weighted by Gasteiger charge is 2.33. The van der Waals surface area contributed by atoms with Crippen LogP contribution in [0.3, 0.4) is 0 Å². The van der Waals surface area contributed by atoms with E-state index in [1.54, 1.807) is 11.3 Å². The Balaban J connectivity index is 1.94. The molecule has 1 N–H and O–H groups in total. The number of aromatic nitrogens is 2. The van der Waals surface area contributed by atoms with Gasteiger partial charge < -0.3 is 9.72 Å². The molecule has 1 fully saturated rings. The number of aryl methyl sites for hydroxylation is 1. The molecule has 24 heavy (non-hydrogen) atoms. The number of cyclic esters (lactones) is 1. The summed E-state index contributed by atoms with van der Waals surface area (Å²) in [5, 5.41) is 0.922. The van der Waals surface area contributed by atoms with Crippen LogP contribution in [0.15, 0.2) is 9.95 Å². The van der Waals surface area contributed by atoms with Crippen molar-refractivity contribution in [3.05, 3.63) is 20.8 Å². The van der Waals surface area contributed by atoms with Crippen molar-refractivity contribution in [1.82, 2.24) is 9.97 Å². The quantitative estimate of drug-likeness (QED) is 0.645. The Bertz CT molecular complexity index is 827. The molecule has 3 atom stereocenters. The smallest absolute Gasteiger partial charge is 0.319 e. The number of carbonyl (C=O) groups is 1. The van der Waals surface area contributed by atoms with Crippen LogP contribution >= 0.6 is 23.1 Å². The fourth-order valence-electron chi connectivity index (χ4n) is 2.90. The monoisotopic (exact) mass is 366 g/mol. The van der Waals surface area contributed by atoms with Crippen LogP contribution in [0.25, 0.3) is 10.2 Å². The van der Waals surface area contributed by atoms with Gasteiger partial charge in [0.2, 0.25) is 0 Å². The first-order valence-corrected chi connectivity index (χ1v) is 9.98. The summed E-state index contributed by atoms with van der Waals surface area (Å²) < 4.78 is 5.17. The van der Waals surface area contributed by atoms with Gasteiger partial charge in [-0.25, -0.2) is 4.98 Å². The number of hydrogen-bond acceptors (Lipinski definition) is 6. The third kappa shape index (κ3) is 3.37. The van der Waals surface area contributed by atoms with E-state index in [-0.39, 0.29) is 22.9 Å².